The summed E-state index contributed by atoms with van der Waals surface area (Å²) in [7, 11) is 1.52. The van der Waals surface area contributed by atoms with Crippen molar-refractivity contribution in [1.82, 2.24) is 19.7 Å². The Kier molecular flexibility index (Phi) is 4.18. The second-order valence-electron chi connectivity index (χ2n) is 5.94. The lowest BCUT2D eigenvalue weighted by Crippen LogP contribution is -2.25. The van der Waals surface area contributed by atoms with Gasteiger partial charge in [0.05, 0.1) is 23.5 Å². The van der Waals surface area contributed by atoms with Gasteiger partial charge in [-0.25, -0.2) is 14.6 Å². The molecule has 1 amide bonds. The van der Waals surface area contributed by atoms with Crippen molar-refractivity contribution in [2.24, 2.45) is 7.05 Å². The Morgan fingerprint density at radius 3 is 2.26 bits per heavy atom. The summed E-state index contributed by atoms with van der Waals surface area (Å²) in [4.78, 5) is 33.5. The van der Waals surface area contributed by atoms with E-state index in [1.54, 1.807) is 24.3 Å². The molecule has 27 heavy (non-hydrogen) atoms. The highest BCUT2D eigenvalue weighted by Crippen LogP contribution is 2.17. The molecular formula is C20H15N5O2. The predicted molar refractivity (Wildman–Crippen MR) is 102 cm³/mol. The van der Waals surface area contributed by atoms with Gasteiger partial charge in [-0.3, -0.25) is 9.59 Å². The van der Waals surface area contributed by atoms with Gasteiger partial charge in [0.1, 0.15) is 0 Å². The van der Waals surface area contributed by atoms with Crippen LogP contribution in [0.5, 0.6) is 0 Å². The maximum Gasteiger partial charge on any atom is 0.276 e. The van der Waals surface area contributed by atoms with E-state index in [0.29, 0.717) is 22.3 Å². The van der Waals surface area contributed by atoms with E-state index < -0.39 is 5.91 Å². The molecule has 0 radical (unpaired) electrons. The maximum atomic E-state index is 12.7. The Labute approximate surface area is 154 Å². The van der Waals surface area contributed by atoms with Crippen LogP contribution in [-0.4, -0.2) is 25.7 Å². The van der Waals surface area contributed by atoms with Crippen molar-refractivity contribution in [2.45, 2.75) is 0 Å². The Morgan fingerprint density at radius 1 is 0.926 bits per heavy atom. The van der Waals surface area contributed by atoms with Crippen LogP contribution in [0.3, 0.4) is 0 Å². The van der Waals surface area contributed by atoms with Gasteiger partial charge in [-0.2, -0.15) is 5.10 Å². The van der Waals surface area contributed by atoms with Gasteiger partial charge in [0.25, 0.3) is 11.5 Å². The lowest BCUT2D eigenvalue weighted by molar-refractivity contribution is 0.102. The maximum absolute atomic E-state index is 12.7. The third kappa shape index (κ3) is 3.18. The second kappa shape index (κ2) is 6.80. The summed E-state index contributed by atoms with van der Waals surface area (Å²) in [5.41, 5.74) is 1.25. The van der Waals surface area contributed by atoms with Crippen LogP contribution in [-0.2, 0) is 7.05 Å². The molecule has 0 aliphatic carbocycles. The third-order valence-electron chi connectivity index (χ3n) is 4.11. The Bertz CT molecular complexity index is 1180. The van der Waals surface area contributed by atoms with Gasteiger partial charge in [0, 0.05) is 18.0 Å². The van der Waals surface area contributed by atoms with Gasteiger partial charge in [-0.05, 0) is 6.07 Å². The van der Waals surface area contributed by atoms with Crippen LogP contribution >= 0.6 is 0 Å². The van der Waals surface area contributed by atoms with E-state index in [-0.39, 0.29) is 11.3 Å². The number of hydrogen-bond acceptors (Lipinski definition) is 5. The fourth-order valence-corrected chi connectivity index (χ4v) is 2.79. The van der Waals surface area contributed by atoms with Gasteiger partial charge in [-0.15, -0.1) is 0 Å². The highest BCUT2D eigenvalue weighted by molar-refractivity contribution is 6.11. The van der Waals surface area contributed by atoms with Crippen LogP contribution in [0, 0.1) is 0 Å². The average Bonchev–Trinajstić information content (AvgIpc) is 2.72. The standard InChI is InChI=1S/C20H15N5O2/c1-25-20(27)16-10-6-5-9-15(16)17(24-25)19(26)23-14-11-21-18(22-12-14)13-7-3-2-4-8-13/h2-12H,1H3,(H,23,26). The van der Waals surface area contributed by atoms with E-state index in [2.05, 4.69) is 20.4 Å². The first-order chi connectivity index (χ1) is 13.1. The fourth-order valence-electron chi connectivity index (χ4n) is 2.79. The number of carbonyl (C=O) groups is 1. The minimum Gasteiger partial charge on any atom is -0.318 e. The smallest absolute Gasteiger partial charge is 0.276 e. The number of anilines is 1. The lowest BCUT2D eigenvalue weighted by Gasteiger charge is -2.09. The number of nitrogens with one attached hydrogen (secondary N) is 1. The zero-order chi connectivity index (χ0) is 18.8. The predicted octanol–water partition coefficient (Wildman–Crippen LogP) is 2.64. The van der Waals surface area contributed by atoms with Gasteiger partial charge in [-0.1, -0.05) is 48.5 Å². The van der Waals surface area contributed by atoms with Crippen LogP contribution < -0.4 is 10.9 Å². The summed E-state index contributed by atoms with van der Waals surface area (Å²) < 4.78 is 1.16. The van der Waals surface area contributed by atoms with Gasteiger partial charge < -0.3 is 5.32 Å². The number of fused-ring (bicyclic) bond motifs is 1. The Morgan fingerprint density at radius 2 is 1.56 bits per heavy atom. The van der Waals surface area contributed by atoms with E-state index in [4.69, 9.17) is 0 Å². The van der Waals surface area contributed by atoms with Crippen molar-refractivity contribution < 1.29 is 4.79 Å². The quantitative estimate of drug-likeness (QED) is 0.609. The minimum absolute atomic E-state index is 0.167. The summed E-state index contributed by atoms with van der Waals surface area (Å²) >= 11 is 0. The largest absolute Gasteiger partial charge is 0.318 e. The molecule has 0 bridgehead atoms. The zero-order valence-corrected chi connectivity index (χ0v) is 14.5. The molecule has 0 saturated carbocycles. The molecular weight excluding hydrogens is 342 g/mol. The fraction of sp³-hybridized carbons (Fsp3) is 0.0500. The van der Waals surface area contributed by atoms with E-state index >= 15 is 0 Å². The number of aromatic nitrogens is 4. The molecule has 4 aromatic rings. The van der Waals surface area contributed by atoms with E-state index in [1.807, 2.05) is 30.3 Å². The molecule has 7 heteroatoms. The second-order valence-corrected chi connectivity index (χ2v) is 5.94. The van der Waals surface area contributed by atoms with Crippen molar-refractivity contribution in [3.05, 3.63) is 83.0 Å². The topological polar surface area (TPSA) is 89.8 Å². The molecule has 0 spiro atoms. The summed E-state index contributed by atoms with van der Waals surface area (Å²) in [5.74, 6) is 0.136. The molecule has 0 atom stereocenters. The van der Waals surface area contributed by atoms with Crippen molar-refractivity contribution in [2.75, 3.05) is 5.32 Å². The number of carbonyl (C=O) groups excluding carboxylic acids is 1. The van der Waals surface area contributed by atoms with Crippen molar-refractivity contribution in [3.8, 4) is 11.4 Å². The van der Waals surface area contributed by atoms with Crippen LogP contribution in [0.25, 0.3) is 22.2 Å². The molecule has 2 aromatic heterocycles. The first-order valence-corrected chi connectivity index (χ1v) is 8.28. The first kappa shape index (κ1) is 16.6. The van der Waals surface area contributed by atoms with Gasteiger partial charge in [0.2, 0.25) is 0 Å². The van der Waals surface area contributed by atoms with Crippen molar-refractivity contribution in [3.63, 3.8) is 0 Å². The SMILES string of the molecule is Cn1nc(C(=O)Nc2cnc(-c3ccccc3)nc2)c2ccccc2c1=O. The lowest BCUT2D eigenvalue weighted by atomic mass is 10.1. The monoisotopic (exact) mass is 357 g/mol. The highest BCUT2D eigenvalue weighted by Gasteiger charge is 2.16. The molecule has 0 fully saturated rings. The number of benzene rings is 2. The molecule has 0 aliphatic rings. The number of aryl methyl sites for hydroxylation is 1. The van der Waals surface area contributed by atoms with Crippen molar-refractivity contribution >= 4 is 22.4 Å². The molecule has 1 N–H and O–H groups in total. The summed E-state index contributed by atoms with van der Waals surface area (Å²) in [5, 5.41) is 7.79. The Hall–Kier alpha value is -3.87. The summed E-state index contributed by atoms with van der Waals surface area (Å²) in [6, 6.07) is 16.4. The van der Waals surface area contributed by atoms with Crippen LogP contribution in [0.1, 0.15) is 10.5 Å². The molecule has 4 rings (SSSR count). The minimum atomic E-state index is -0.433. The number of amides is 1. The molecule has 2 aromatic carbocycles. The van der Waals surface area contributed by atoms with E-state index in [0.717, 1.165) is 10.2 Å². The average molecular weight is 357 g/mol. The molecule has 0 saturated heterocycles. The molecule has 132 valence electrons. The zero-order valence-electron chi connectivity index (χ0n) is 14.5. The van der Waals surface area contributed by atoms with Gasteiger partial charge >= 0.3 is 0 Å². The van der Waals surface area contributed by atoms with Crippen LogP contribution in [0.15, 0.2) is 71.8 Å². The number of nitrogens with zero attached hydrogens (tertiary/aromatic N) is 4. The molecule has 0 aliphatic heterocycles. The third-order valence-corrected chi connectivity index (χ3v) is 4.11. The number of rotatable bonds is 3. The van der Waals surface area contributed by atoms with Crippen LogP contribution in [0.2, 0.25) is 0 Å². The van der Waals surface area contributed by atoms with Gasteiger partial charge in [0.15, 0.2) is 11.5 Å². The highest BCUT2D eigenvalue weighted by atomic mass is 16.2. The molecule has 0 unspecified atom stereocenters. The Balaban J connectivity index is 1.64. The summed E-state index contributed by atoms with van der Waals surface area (Å²) in [6.07, 6.45) is 3.08. The molecule has 7 nitrogen and oxygen atoms in total. The number of hydrogen-bond donors (Lipinski definition) is 1. The van der Waals surface area contributed by atoms with E-state index in [1.165, 1.54) is 19.4 Å². The normalized spacial score (nSPS) is 10.7. The van der Waals surface area contributed by atoms with Crippen molar-refractivity contribution in [1.29, 1.82) is 0 Å². The van der Waals surface area contributed by atoms with Crippen LogP contribution in [0.4, 0.5) is 5.69 Å². The first-order valence-electron chi connectivity index (χ1n) is 8.28. The van der Waals surface area contributed by atoms with E-state index in [9.17, 15) is 9.59 Å². The molecule has 2 heterocycles. The summed E-state index contributed by atoms with van der Waals surface area (Å²) in [6.45, 7) is 0.